The Morgan fingerprint density at radius 3 is 2.36 bits per heavy atom. The van der Waals surface area contributed by atoms with Gasteiger partial charge in [0, 0.05) is 44.0 Å². The molecule has 36 heavy (non-hydrogen) atoms. The van der Waals surface area contributed by atoms with Crippen LogP contribution in [0.3, 0.4) is 0 Å². The topological polar surface area (TPSA) is 71.4 Å². The van der Waals surface area contributed by atoms with Crippen LogP contribution in [-0.4, -0.2) is 33.1 Å². The largest absolute Gasteiger partial charge is 0.342 e. The van der Waals surface area contributed by atoms with Gasteiger partial charge in [0.1, 0.15) is 6.54 Å². The van der Waals surface area contributed by atoms with Crippen LogP contribution in [0.4, 0.5) is 10.5 Å². The highest BCUT2D eigenvalue weighted by molar-refractivity contribution is 8.18. The predicted molar refractivity (Wildman–Crippen MR) is 145 cm³/mol. The quantitative estimate of drug-likeness (QED) is 0.280. The van der Waals surface area contributed by atoms with Gasteiger partial charge in [-0.25, -0.2) is 0 Å². The Morgan fingerprint density at radius 2 is 1.61 bits per heavy atom. The molecule has 1 aliphatic rings. The minimum Gasteiger partial charge on any atom is -0.342 e. The van der Waals surface area contributed by atoms with E-state index in [1.54, 1.807) is 48.5 Å². The highest BCUT2D eigenvalue weighted by atomic mass is 35.5. The minimum absolute atomic E-state index is 0.256. The van der Waals surface area contributed by atoms with Crippen LogP contribution in [0.15, 0.2) is 83.9 Å². The van der Waals surface area contributed by atoms with Crippen LogP contribution in [0.1, 0.15) is 11.1 Å². The number of imide groups is 1. The average Bonchev–Trinajstić information content (AvgIpc) is 3.34. The molecule has 4 aromatic rings. The summed E-state index contributed by atoms with van der Waals surface area (Å²) in [5.74, 6) is -0.947. The molecule has 1 saturated heterocycles. The van der Waals surface area contributed by atoms with Gasteiger partial charge in [0.2, 0.25) is 5.91 Å². The molecule has 9 heteroatoms. The minimum atomic E-state index is -0.501. The Hall–Kier alpha value is -3.52. The number of rotatable bonds is 6. The van der Waals surface area contributed by atoms with E-state index in [1.807, 2.05) is 41.1 Å². The number of nitrogens with zero attached hydrogens (tertiary/aromatic N) is 2. The van der Waals surface area contributed by atoms with Crippen LogP contribution < -0.4 is 5.32 Å². The summed E-state index contributed by atoms with van der Waals surface area (Å²) in [7, 11) is 0. The van der Waals surface area contributed by atoms with Crippen LogP contribution in [0.2, 0.25) is 10.0 Å². The molecule has 1 fully saturated rings. The number of amides is 3. The molecule has 5 rings (SSSR count). The van der Waals surface area contributed by atoms with Crippen LogP contribution in [-0.2, 0) is 16.1 Å². The van der Waals surface area contributed by atoms with Gasteiger partial charge in [-0.05, 0) is 48.2 Å². The van der Waals surface area contributed by atoms with Crippen molar-refractivity contribution < 1.29 is 14.4 Å². The number of halogens is 2. The van der Waals surface area contributed by atoms with Gasteiger partial charge in [-0.1, -0.05) is 65.7 Å². The molecular weight excluding hydrogens is 517 g/mol. The zero-order chi connectivity index (χ0) is 25.2. The summed E-state index contributed by atoms with van der Waals surface area (Å²) in [6.45, 7) is 0.0810. The summed E-state index contributed by atoms with van der Waals surface area (Å²) < 4.78 is 2.01. The summed E-state index contributed by atoms with van der Waals surface area (Å²) in [5, 5.41) is 4.25. The lowest BCUT2D eigenvalue weighted by molar-refractivity contribution is -0.127. The maximum Gasteiger partial charge on any atom is 0.294 e. The van der Waals surface area contributed by atoms with Crippen molar-refractivity contribution in [3.05, 3.63) is 105 Å². The summed E-state index contributed by atoms with van der Waals surface area (Å²) in [6.07, 6.45) is 3.59. The summed E-state index contributed by atoms with van der Waals surface area (Å²) in [6, 6.07) is 22.0. The van der Waals surface area contributed by atoms with Gasteiger partial charge in [-0.2, -0.15) is 0 Å². The first-order chi connectivity index (χ1) is 17.4. The van der Waals surface area contributed by atoms with Crippen molar-refractivity contribution in [2.75, 3.05) is 11.9 Å². The van der Waals surface area contributed by atoms with Gasteiger partial charge in [0.05, 0.1) is 11.4 Å². The third kappa shape index (κ3) is 4.91. The Balaban J connectivity index is 1.41. The molecular formula is C27H19Cl2N3O3S. The third-order valence-corrected chi connectivity index (χ3v) is 7.34. The van der Waals surface area contributed by atoms with Crippen LogP contribution in [0.25, 0.3) is 17.0 Å². The molecule has 0 spiro atoms. The first-order valence-electron chi connectivity index (χ1n) is 11.0. The van der Waals surface area contributed by atoms with Crippen molar-refractivity contribution in [3.63, 3.8) is 0 Å². The van der Waals surface area contributed by atoms with Gasteiger partial charge in [-0.3, -0.25) is 19.3 Å². The number of hydrogen-bond donors (Lipinski definition) is 1. The smallest absolute Gasteiger partial charge is 0.294 e. The van der Waals surface area contributed by atoms with Gasteiger partial charge in [-0.15, -0.1) is 0 Å². The summed E-state index contributed by atoms with van der Waals surface area (Å²) >= 11 is 13.6. The molecule has 6 nitrogen and oxygen atoms in total. The second kappa shape index (κ2) is 10.2. The Morgan fingerprint density at radius 1 is 0.917 bits per heavy atom. The predicted octanol–water partition coefficient (Wildman–Crippen LogP) is 6.67. The fourth-order valence-corrected chi connectivity index (χ4v) is 5.36. The standard InChI is InChI=1S/C27H19Cl2N3O3S/c28-21-10-6-11-22(29)20(21)15-31-14-17(19-9-4-5-12-23(19)31)13-24-26(34)32(27(35)36-24)16-25(33)30-18-7-2-1-3-8-18/h1-14H,15-16H2,(H,30,33)/b24-13-. The normalized spacial score (nSPS) is 14.7. The number of nitrogens with one attached hydrogen (secondary N) is 1. The highest BCUT2D eigenvalue weighted by Crippen LogP contribution is 2.35. The summed E-state index contributed by atoms with van der Waals surface area (Å²) in [4.78, 5) is 39.2. The van der Waals surface area contributed by atoms with Crippen LogP contribution in [0.5, 0.6) is 0 Å². The SMILES string of the molecule is O=C(CN1C(=O)S/C(=C\c2cn(Cc3c(Cl)cccc3Cl)c3ccccc23)C1=O)Nc1ccccc1. The molecule has 1 aromatic heterocycles. The van der Waals surface area contributed by atoms with E-state index in [0.29, 0.717) is 22.3 Å². The zero-order valence-electron chi connectivity index (χ0n) is 18.8. The van der Waals surface area contributed by atoms with E-state index in [2.05, 4.69) is 5.32 Å². The van der Waals surface area contributed by atoms with Gasteiger partial charge in [0.15, 0.2) is 0 Å². The van der Waals surface area contributed by atoms with E-state index in [4.69, 9.17) is 23.2 Å². The molecule has 1 aliphatic heterocycles. The molecule has 0 saturated carbocycles. The van der Waals surface area contributed by atoms with E-state index >= 15 is 0 Å². The number of benzene rings is 3. The molecule has 2 heterocycles. The van der Waals surface area contributed by atoms with E-state index in [0.717, 1.165) is 38.7 Å². The third-order valence-electron chi connectivity index (χ3n) is 5.73. The molecule has 0 radical (unpaired) electrons. The van der Waals surface area contributed by atoms with E-state index in [1.165, 1.54) is 0 Å². The average molecular weight is 536 g/mol. The van der Waals surface area contributed by atoms with E-state index in [-0.39, 0.29) is 11.4 Å². The molecule has 0 unspecified atom stereocenters. The molecule has 0 aliphatic carbocycles. The monoisotopic (exact) mass is 535 g/mol. The second-order valence-corrected chi connectivity index (χ2v) is 9.92. The number of carbonyl (C=O) groups excluding carboxylic acids is 3. The molecule has 0 bridgehead atoms. The molecule has 3 aromatic carbocycles. The first kappa shape index (κ1) is 24.2. The zero-order valence-corrected chi connectivity index (χ0v) is 21.1. The fraction of sp³-hybridized carbons (Fsp3) is 0.0741. The number of carbonyl (C=O) groups is 3. The second-order valence-electron chi connectivity index (χ2n) is 8.11. The van der Waals surface area contributed by atoms with Crippen molar-refractivity contribution in [2.24, 2.45) is 0 Å². The van der Waals surface area contributed by atoms with Crippen molar-refractivity contribution in [1.82, 2.24) is 9.47 Å². The highest BCUT2D eigenvalue weighted by Gasteiger charge is 2.36. The summed E-state index contributed by atoms with van der Waals surface area (Å²) in [5.41, 5.74) is 3.09. The Bertz CT molecular complexity index is 1510. The lowest BCUT2D eigenvalue weighted by atomic mass is 10.1. The lowest BCUT2D eigenvalue weighted by Gasteiger charge is -2.12. The van der Waals surface area contributed by atoms with Crippen LogP contribution in [0, 0.1) is 0 Å². The van der Waals surface area contributed by atoms with Gasteiger partial charge >= 0.3 is 0 Å². The molecule has 3 amide bonds. The van der Waals surface area contributed by atoms with Crippen molar-refractivity contribution in [1.29, 1.82) is 0 Å². The van der Waals surface area contributed by atoms with E-state index < -0.39 is 17.1 Å². The van der Waals surface area contributed by atoms with Crippen LogP contribution >= 0.6 is 35.0 Å². The van der Waals surface area contributed by atoms with Gasteiger partial charge in [0.25, 0.3) is 11.1 Å². The maximum absolute atomic E-state index is 13.0. The molecule has 0 atom stereocenters. The van der Waals surface area contributed by atoms with Crippen molar-refractivity contribution in [3.8, 4) is 0 Å². The van der Waals surface area contributed by atoms with Crippen molar-refractivity contribution >= 4 is 74.7 Å². The Labute approximate surface area is 221 Å². The van der Waals surface area contributed by atoms with Crippen molar-refractivity contribution in [2.45, 2.75) is 6.54 Å². The fourth-order valence-electron chi connectivity index (χ4n) is 4.02. The van der Waals surface area contributed by atoms with E-state index in [9.17, 15) is 14.4 Å². The Kier molecular flexibility index (Phi) is 6.87. The number of fused-ring (bicyclic) bond motifs is 1. The number of hydrogen-bond acceptors (Lipinski definition) is 4. The maximum atomic E-state index is 13.0. The number of para-hydroxylation sites is 2. The molecule has 1 N–H and O–H groups in total. The lowest BCUT2D eigenvalue weighted by Crippen LogP contribution is -2.36. The number of thioether (sulfide) groups is 1. The number of anilines is 1. The molecule has 180 valence electrons. The first-order valence-corrected chi connectivity index (χ1v) is 12.6. The number of aromatic nitrogens is 1. The van der Waals surface area contributed by atoms with Gasteiger partial charge < -0.3 is 9.88 Å².